The van der Waals surface area contributed by atoms with Gasteiger partial charge in [-0.2, -0.15) is 0 Å². The third-order valence-electron chi connectivity index (χ3n) is 8.57. The lowest BCUT2D eigenvalue weighted by atomic mass is 9.60. The monoisotopic (exact) mass is 595 g/mol. The van der Waals surface area contributed by atoms with Gasteiger partial charge in [0.2, 0.25) is 11.7 Å². The van der Waals surface area contributed by atoms with Crippen LogP contribution in [0.2, 0.25) is 5.02 Å². The van der Waals surface area contributed by atoms with Crippen LogP contribution in [-0.4, -0.2) is 67.4 Å². The van der Waals surface area contributed by atoms with Gasteiger partial charge in [-0.15, -0.1) is 0 Å². The van der Waals surface area contributed by atoms with Gasteiger partial charge >= 0.3 is 0 Å². The lowest BCUT2D eigenvalue weighted by Gasteiger charge is -2.45. The minimum atomic E-state index is -2.63. The zero-order valence-electron chi connectivity index (χ0n) is 22.8. The first-order valence-corrected chi connectivity index (χ1v) is 13.7. The lowest BCUT2D eigenvalue weighted by Crippen LogP contribution is -2.57. The summed E-state index contributed by atoms with van der Waals surface area (Å²) >= 11 is 6.78. The molecule has 42 heavy (non-hydrogen) atoms. The number of nitrogens with zero attached hydrogens (tertiary/aromatic N) is 1. The number of halogens is 1. The first kappa shape index (κ1) is 29.3. The SMILES string of the molecule is C[C@H](C(=O)Nc1ccccc1)N(C)Cc1cc(O)c2c(c1Cl)CC1CC3CC(O)=C(C(N)=O)C(=O)C3(O)C(O)=C1C2=O. The Balaban J connectivity index is 1.46. The van der Waals surface area contributed by atoms with Crippen LogP contribution in [0.15, 0.2) is 59.1 Å². The quantitative estimate of drug-likeness (QED) is 0.273. The fourth-order valence-electron chi connectivity index (χ4n) is 6.21. The highest BCUT2D eigenvalue weighted by Gasteiger charge is 2.59. The second-order valence-corrected chi connectivity index (χ2v) is 11.5. The molecule has 11 nitrogen and oxygen atoms in total. The molecule has 5 rings (SSSR count). The summed E-state index contributed by atoms with van der Waals surface area (Å²) < 4.78 is 0. The molecule has 0 aromatic heterocycles. The molecule has 3 unspecified atom stereocenters. The number of primary amides is 1. The van der Waals surface area contributed by atoms with E-state index >= 15 is 0 Å². The highest BCUT2D eigenvalue weighted by atomic mass is 35.5. The Morgan fingerprint density at radius 1 is 1.17 bits per heavy atom. The third kappa shape index (κ3) is 4.54. The normalized spacial score (nSPS) is 24.2. The number of amides is 2. The van der Waals surface area contributed by atoms with E-state index in [2.05, 4.69) is 5.32 Å². The van der Waals surface area contributed by atoms with Crippen LogP contribution in [0.25, 0.3) is 0 Å². The summed E-state index contributed by atoms with van der Waals surface area (Å²) in [7, 11) is 1.72. The number of nitrogens with two attached hydrogens (primary N) is 1. The van der Waals surface area contributed by atoms with Crippen molar-refractivity contribution in [3.63, 3.8) is 0 Å². The molecule has 0 bridgehead atoms. The number of phenols is 1. The molecule has 2 aromatic carbocycles. The minimum Gasteiger partial charge on any atom is -0.511 e. The molecular formula is C30H30ClN3O8. The molecule has 7 N–H and O–H groups in total. The maximum atomic E-state index is 13.7. The van der Waals surface area contributed by atoms with Crippen molar-refractivity contribution in [1.29, 1.82) is 0 Å². The predicted octanol–water partition coefficient (Wildman–Crippen LogP) is 2.69. The van der Waals surface area contributed by atoms with Crippen molar-refractivity contribution in [2.24, 2.45) is 17.6 Å². The number of carbonyl (C=O) groups is 4. The van der Waals surface area contributed by atoms with Gasteiger partial charge < -0.3 is 31.5 Å². The van der Waals surface area contributed by atoms with E-state index in [1.54, 1.807) is 43.1 Å². The molecule has 0 saturated carbocycles. The Labute approximate surface area is 245 Å². The second-order valence-electron chi connectivity index (χ2n) is 11.1. The number of benzene rings is 2. The number of aliphatic hydroxyl groups is 3. The van der Waals surface area contributed by atoms with Crippen LogP contribution in [0.5, 0.6) is 5.75 Å². The number of rotatable bonds is 6. The number of aromatic hydroxyl groups is 1. The topological polar surface area (TPSA) is 190 Å². The summed E-state index contributed by atoms with van der Waals surface area (Å²) in [6, 6.07) is 9.71. The van der Waals surface area contributed by atoms with E-state index in [4.69, 9.17) is 17.3 Å². The van der Waals surface area contributed by atoms with Crippen LogP contribution in [0.4, 0.5) is 5.69 Å². The van der Waals surface area contributed by atoms with Gasteiger partial charge in [-0.1, -0.05) is 29.8 Å². The van der Waals surface area contributed by atoms with E-state index < -0.39 is 63.8 Å². The maximum absolute atomic E-state index is 13.7. The smallest absolute Gasteiger partial charge is 0.255 e. The van der Waals surface area contributed by atoms with E-state index in [0.717, 1.165) is 0 Å². The average molecular weight is 596 g/mol. The van der Waals surface area contributed by atoms with Crippen molar-refractivity contribution in [1.82, 2.24) is 4.90 Å². The highest BCUT2D eigenvalue weighted by Crippen LogP contribution is 2.52. The summed E-state index contributed by atoms with van der Waals surface area (Å²) in [6.45, 7) is 1.87. The number of Topliss-reactive ketones (excluding diaryl/α,β-unsaturated/α-hetero) is 2. The van der Waals surface area contributed by atoms with Crippen molar-refractivity contribution in [2.45, 2.75) is 44.4 Å². The molecule has 4 atom stereocenters. The molecule has 2 amide bonds. The fourth-order valence-corrected chi connectivity index (χ4v) is 6.50. The van der Waals surface area contributed by atoms with Gasteiger partial charge in [0.15, 0.2) is 11.4 Å². The zero-order valence-corrected chi connectivity index (χ0v) is 23.6. The Morgan fingerprint density at radius 3 is 2.48 bits per heavy atom. The van der Waals surface area contributed by atoms with Crippen LogP contribution < -0.4 is 11.1 Å². The molecule has 3 aliphatic rings. The van der Waals surface area contributed by atoms with Gasteiger partial charge in [0, 0.05) is 35.2 Å². The van der Waals surface area contributed by atoms with Gasteiger partial charge in [0.25, 0.3) is 5.91 Å². The predicted molar refractivity (Wildman–Crippen MR) is 152 cm³/mol. The van der Waals surface area contributed by atoms with Gasteiger partial charge in [-0.05, 0) is 62.1 Å². The Bertz CT molecular complexity index is 1600. The number of hydrogen-bond donors (Lipinski definition) is 6. The molecule has 220 valence electrons. The Hall–Kier alpha value is -4.19. The number of anilines is 1. The van der Waals surface area contributed by atoms with Crippen LogP contribution >= 0.6 is 11.6 Å². The minimum absolute atomic E-state index is 0.000821. The van der Waals surface area contributed by atoms with E-state index in [0.29, 0.717) is 16.8 Å². The number of allylic oxidation sites excluding steroid dienone is 2. The Morgan fingerprint density at radius 2 is 1.83 bits per heavy atom. The molecule has 0 spiro atoms. The third-order valence-corrected chi connectivity index (χ3v) is 9.04. The molecule has 2 aromatic rings. The number of fused-ring (bicyclic) bond motifs is 3. The van der Waals surface area contributed by atoms with Crippen LogP contribution in [0.1, 0.15) is 41.3 Å². The van der Waals surface area contributed by atoms with E-state index in [-0.39, 0.29) is 47.9 Å². The van der Waals surface area contributed by atoms with Crippen molar-refractivity contribution < 1.29 is 39.6 Å². The maximum Gasteiger partial charge on any atom is 0.255 e. The number of phenolic OH excluding ortho intramolecular Hbond substituents is 1. The number of aliphatic hydroxyl groups excluding tert-OH is 2. The van der Waals surface area contributed by atoms with Gasteiger partial charge in [0.05, 0.1) is 11.6 Å². The first-order chi connectivity index (χ1) is 19.8. The summed E-state index contributed by atoms with van der Waals surface area (Å²) in [5.41, 5.74) is 2.78. The first-order valence-electron chi connectivity index (χ1n) is 13.3. The number of hydrogen-bond acceptors (Lipinski definition) is 9. The fraction of sp³-hybridized carbons (Fsp3) is 0.333. The molecule has 0 aliphatic heterocycles. The van der Waals surface area contributed by atoms with Crippen molar-refractivity contribution in [3.05, 3.63) is 80.8 Å². The molecule has 0 saturated heterocycles. The van der Waals surface area contributed by atoms with Gasteiger partial charge in [0.1, 0.15) is 22.8 Å². The number of ketones is 2. The van der Waals surface area contributed by atoms with E-state index in [1.807, 2.05) is 6.07 Å². The largest absolute Gasteiger partial charge is 0.511 e. The number of likely N-dealkylation sites (N-methyl/N-ethyl adjacent to an activating group) is 1. The summed E-state index contributed by atoms with van der Waals surface area (Å²) in [5, 5.41) is 46.8. The summed E-state index contributed by atoms with van der Waals surface area (Å²) in [6.07, 6.45) is -0.231. The van der Waals surface area contributed by atoms with E-state index in [9.17, 15) is 39.6 Å². The molecule has 12 heteroatoms. The summed E-state index contributed by atoms with van der Waals surface area (Å²) in [5.74, 6) is -7.28. The van der Waals surface area contributed by atoms with Crippen molar-refractivity contribution in [3.8, 4) is 5.75 Å². The van der Waals surface area contributed by atoms with Crippen molar-refractivity contribution in [2.75, 3.05) is 12.4 Å². The number of nitrogens with one attached hydrogen (secondary N) is 1. The summed E-state index contributed by atoms with van der Waals surface area (Å²) in [4.78, 5) is 53.1. The lowest BCUT2D eigenvalue weighted by molar-refractivity contribution is -0.144. The number of carbonyl (C=O) groups excluding carboxylic acids is 4. The molecule has 0 heterocycles. The van der Waals surface area contributed by atoms with Gasteiger partial charge in [-0.3, -0.25) is 24.1 Å². The average Bonchev–Trinajstić information content (AvgIpc) is 2.93. The molecular weight excluding hydrogens is 566 g/mol. The standard InChI is InChI=1S/C30H30ClN3O8/c1-13(29(41)33-17-6-4-3-5-7-17)34(2)12-15-10-19(35)22-18(24(15)31)9-14-8-16-11-20(36)23(28(32)40)27(39)30(16,42)26(38)21(14)25(22)37/h3-7,10,13-14,16,35-36,38,42H,8-9,11-12H2,1-2H3,(H2,32,40)(H,33,41)/t13-,14?,16?,30?/m1/s1. The van der Waals surface area contributed by atoms with Crippen LogP contribution in [0, 0.1) is 11.8 Å². The van der Waals surface area contributed by atoms with E-state index in [1.165, 1.54) is 6.07 Å². The molecule has 0 radical (unpaired) electrons. The Kier molecular flexibility index (Phi) is 7.38. The zero-order chi connectivity index (χ0) is 30.7. The second kappa shape index (κ2) is 10.6. The molecule has 3 aliphatic carbocycles. The number of para-hydroxylation sites is 1. The highest BCUT2D eigenvalue weighted by molar-refractivity contribution is 6.33. The van der Waals surface area contributed by atoms with Crippen molar-refractivity contribution >= 4 is 40.7 Å². The van der Waals surface area contributed by atoms with Crippen LogP contribution in [-0.2, 0) is 27.3 Å². The van der Waals surface area contributed by atoms with Gasteiger partial charge in [-0.25, -0.2) is 0 Å². The molecule has 0 fully saturated rings. The van der Waals surface area contributed by atoms with Crippen LogP contribution in [0.3, 0.4) is 0 Å².